The Morgan fingerprint density at radius 2 is 1.74 bits per heavy atom. The van der Waals surface area contributed by atoms with Gasteiger partial charge in [-0.1, -0.05) is 30.7 Å². The fraction of sp³-hybridized carbons (Fsp3) is 0.667. The van der Waals surface area contributed by atoms with Gasteiger partial charge in [0.05, 0.1) is 49.1 Å². The maximum Gasteiger partial charge on any atom is 0.357 e. The van der Waals surface area contributed by atoms with Gasteiger partial charge in [-0.05, 0) is 59.5 Å². The Kier molecular flexibility index (Phi) is 12.8. The van der Waals surface area contributed by atoms with Crippen LogP contribution >= 0.6 is 0 Å². The minimum atomic E-state index is -1.49. The minimum Gasteiger partial charge on any atom is -0.459 e. The average Bonchev–Trinajstić information content (AvgIpc) is 3.68. The van der Waals surface area contributed by atoms with Crippen LogP contribution in [0.15, 0.2) is 36.0 Å². The smallest absolute Gasteiger partial charge is 0.357 e. The molecule has 0 aromatic rings. The van der Waals surface area contributed by atoms with Crippen LogP contribution in [-0.4, -0.2) is 94.9 Å². The van der Waals surface area contributed by atoms with Gasteiger partial charge in [0.15, 0.2) is 0 Å². The van der Waals surface area contributed by atoms with E-state index in [0.717, 1.165) is 12.0 Å². The molecular weight excluding hydrogens is 650 g/mol. The number of rotatable bonds is 13. The van der Waals surface area contributed by atoms with Gasteiger partial charge in [-0.25, -0.2) is 4.79 Å². The van der Waals surface area contributed by atoms with Crippen molar-refractivity contribution >= 4 is 35.6 Å². The van der Waals surface area contributed by atoms with E-state index < -0.39 is 47.4 Å². The Bertz CT molecular complexity index is 1400. The Morgan fingerprint density at radius 3 is 2.38 bits per heavy atom. The Balaban J connectivity index is 1.24. The molecule has 4 aliphatic heterocycles. The minimum absolute atomic E-state index is 0.0111. The van der Waals surface area contributed by atoms with Crippen LogP contribution in [-0.2, 0) is 52.6 Å². The van der Waals surface area contributed by atoms with E-state index in [1.807, 2.05) is 26.0 Å². The lowest BCUT2D eigenvalue weighted by atomic mass is 9.88. The van der Waals surface area contributed by atoms with Crippen LogP contribution in [0.25, 0.3) is 0 Å². The van der Waals surface area contributed by atoms with Crippen molar-refractivity contribution in [2.45, 2.75) is 141 Å². The number of imide groups is 1. The van der Waals surface area contributed by atoms with E-state index in [0.29, 0.717) is 30.9 Å². The first-order valence-corrected chi connectivity index (χ1v) is 17.3. The fourth-order valence-corrected chi connectivity index (χ4v) is 6.39. The van der Waals surface area contributed by atoms with E-state index in [-0.39, 0.29) is 61.0 Å². The summed E-state index contributed by atoms with van der Waals surface area (Å²) in [6, 6.07) is -0.144. The van der Waals surface area contributed by atoms with Gasteiger partial charge < -0.3 is 34.4 Å². The van der Waals surface area contributed by atoms with Crippen LogP contribution in [0, 0.1) is 5.92 Å². The van der Waals surface area contributed by atoms with E-state index in [9.17, 15) is 28.8 Å². The highest BCUT2D eigenvalue weighted by Gasteiger charge is 2.51. The molecule has 4 heterocycles. The number of amides is 4. The second-order valence-electron chi connectivity index (χ2n) is 14.4. The van der Waals surface area contributed by atoms with Crippen molar-refractivity contribution in [1.82, 2.24) is 15.7 Å². The predicted molar refractivity (Wildman–Crippen MR) is 179 cm³/mol. The van der Waals surface area contributed by atoms with Crippen molar-refractivity contribution in [3.05, 3.63) is 36.0 Å². The van der Waals surface area contributed by atoms with E-state index in [1.165, 1.54) is 26.8 Å². The highest BCUT2D eigenvalue weighted by Crippen LogP contribution is 2.43. The second-order valence-corrected chi connectivity index (χ2v) is 14.4. The molecule has 0 aliphatic carbocycles. The van der Waals surface area contributed by atoms with E-state index in [4.69, 9.17) is 23.8 Å². The van der Waals surface area contributed by atoms with Crippen LogP contribution in [0.1, 0.15) is 93.4 Å². The summed E-state index contributed by atoms with van der Waals surface area (Å²) in [7, 11) is 0. The zero-order valence-corrected chi connectivity index (χ0v) is 30.0. The topological polar surface area (TPSA) is 179 Å². The summed E-state index contributed by atoms with van der Waals surface area (Å²) in [4.78, 5) is 77.8. The zero-order chi connectivity index (χ0) is 36.8. The fourth-order valence-electron chi connectivity index (χ4n) is 6.39. The molecule has 0 radical (unpaired) electrons. The number of nitrogens with zero attached hydrogens (tertiary/aromatic N) is 1. The summed E-state index contributed by atoms with van der Waals surface area (Å²) in [5.41, 5.74) is -0.801. The molecule has 4 saturated heterocycles. The molecule has 0 aromatic carbocycles. The number of hydrogen-bond donors (Lipinski definition) is 2. The molecule has 4 aliphatic rings. The van der Waals surface area contributed by atoms with Crippen LogP contribution in [0.5, 0.6) is 0 Å². The van der Waals surface area contributed by atoms with Crippen molar-refractivity contribution in [1.29, 1.82) is 0 Å². The Labute approximate surface area is 293 Å². The quantitative estimate of drug-likeness (QED) is 0.0948. The second kappa shape index (κ2) is 16.4. The maximum atomic E-state index is 13.0. The van der Waals surface area contributed by atoms with Crippen molar-refractivity contribution < 1.29 is 52.6 Å². The molecule has 8 atom stereocenters. The number of ether oxygens (including phenoxy) is 4. The zero-order valence-electron chi connectivity index (χ0n) is 30.0. The lowest BCUT2D eigenvalue weighted by molar-refractivity contribution is -0.201. The van der Waals surface area contributed by atoms with Gasteiger partial charge in [0.25, 0.3) is 11.8 Å². The summed E-state index contributed by atoms with van der Waals surface area (Å²) in [5.74, 6) is -3.02. The third-order valence-electron chi connectivity index (χ3n) is 9.31. The molecule has 4 fully saturated rings. The third kappa shape index (κ3) is 11.1. The van der Waals surface area contributed by atoms with Crippen LogP contribution in [0.3, 0.4) is 0 Å². The number of epoxide rings is 1. The van der Waals surface area contributed by atoms with Crippen molar-refractivity contribution in [3.63, 3.8) is 0 Å². The van der Waals surface area contributed by atoms with Crippen LogP contribution < -0.4 is 10.6 Å². The molecule has 0 bridgehead atoms. The highest BCUT2D eigenvalue weighted by molar-refractivity contribution is 6.02. The standard InChI is InChI=1S/C36H51N3O11/c1-21(9-12-29-22(2)16-28(24(4)48-29)37-30(41)13-10-23(3)47-25(5)40)8-11-26-18-36(20-46-36)19-27(49-26)17-31(42)38-35(6,7)34(45)50-39-32(43)14-15-33(39)44/h8-11,13,22-24,26-29H,12,14-20H2,1-7H3,(H,37,41)(H,38,42)/b11-8+,13-10-,21-9+/t22-,23-,24+,26+,27+,28+,29-,36+/m0/s1. The molecule has 4 rings (SSSR count). The molecule has 14 nitrogen and oxygen atoms in total. The summed E-state index contributed by atoms with van der Waals surface area (Å²) in [5, 5.41) is 6.10. The Morgan fingerprint density at radius 1 is 1.06 bits per heavy atom. The normalized spacial score (nSPS) is 30.9. The summed E-state index contributed by atoms with van der Waals surface area (Å²) < 4.78 is 23.3. The van der Waals surface area contributed by atoms with Gasteiger partial charge in [-0.3, -0.25) is 24.0 Å². The first-order valence-electron chi connectivity index (χ1n) is 17.3. The number of esters is 1. The van der Waals surface area contributed by atoms with Crippen molar-refractivity contribution in [3.8, 4) is 0 Å². The van der Waals surface area contributed by atoms with Gasteiger partial charge in [0.1, 0.15) is 11.6 Å². The molecule has 0 aromatic heterocycles. The van der Waals surface area contributed by atoms with Gasteiger partial charge in [0.2, 0.25) is 11.8 Å². The van der Waals surface area contributed by atoms with Crippen LogP contribution in [0.4, 0.5) is 0 Å². The molecule has 14 heteroatoms. The number of nitrogens with one attached hydrogen (secondary N) is 2. The molecule has 50 heavy (non-hydrogen) atoms. The number of hydrogen-bond acceptors (Lipinski definition) is 11. The number of allylic oxidation sites excluding steroid dienone is 2. The number of hydroxylamine groups is 2. The highest BCUT2D eigenvalue weighted by atomic mass is 16.7. The van der Waals surface area contributed by atoms with E-state index >= 15 is 0 Å². The molecule has 276 valence electrons. The Hall–Kier alpha value is -3.88. The monoisotopic (exact) mass is 701 g/mol. The lowest BCUT2D eigenvalue weighted by Crippen LogP contribution is -2.53. The molecule has 1 spiro atoms. The molecule has 0 unspecified atom stereocenters. The number of carbonyl (C=O) groups is 6. The van der Waals surface area contributed by atoms with E-state index in [1.54, 1.807) is 13.0 Å². The molecule has 2 N–H and O–H groups in total. The largest absolute Gasteiger partial charge is 0.459 e. The maximum absolute atomic E-state index is 13.0. The van der Waals surface area contributed by atoms with Gasteiger partial charge in [0, 0.05) is 38.7 Å². The third-order valence-corrected chi connectivity index (χ3v) is 9.31. The van der Waals surface area contributed by atoms with Gasteiger partial charge >= 0.3 is 11.9 Å². The first-order chi connectivity index (χ1) is 23.4. The van der Waals surface area contributed by atoms with Crippen molar-refractivity contribution in [2.24, 2.45) is 5.92 Å². The molecule has 0 saturated carbocycles. The summed E-state index contributed by atoms with van der Waals surface area (Å²) in [6.45, 7) is 12.5. The summed E-state index contributed by atoms with van der Waals surface area (Å²) >= 11 is 0. The average molecular weight is 702 g/mol. The van der Waals surface area contributed by atoms with Crippen LogP contribution in [0.2, 0.25) is 0 Å². The first kappa shape index (κ1) is 38.9. The van der Waals surface area contributed by atoms with Gasteiger partial charge in [-0.2, -0.15) is 0 Å². The SMILES string of the molecule is CC(=O)O[C@@H](C)/C=C\C(=O)N[C@@H]1C[C@H](C)[C@H](C/C=C(C)/C=C/[C@@H]2C[C@]3(CO3)C[C@@H](CC(=O)NC(C)(C)C(=O)ON3C(=O)CCC3=O)O2)O[C@@H]1C. The number of carbonyl (C=O) groups excluding carboxylic acids is 6. The molecule has 4 amide bonds. The molecular formula is C36H51N3O11. The lowest BCUT2D eigenvalue weighted by Gasteiger charge is -2.39. The van der Waals surface area contributed by atoms with Gasteiger partial charge in [-0.15, -0.1) is 5.06 Å². The predicted octanol–water partition coefficient (Wildman–Crippen LogP) is 2.89. The summed E-state index contributed by atoms with van der Waals surface area (Å²) in [6.07, 6.45) is 10.2. The van der Waals surface area contributed by atoms with Crippen molar-refractivity contribution in [2.75, 3.05) is 6.61 Å². The van der Waals surface area contributed by atoms with E-state index in [2.05, 4.69) is 23.6 Å².